The molecule has 1 fully saturated rings. The molecule has 0 amide bonds. The summed E-state index contributed by atoms with van der Waals surface area (Å²) in [5, 5.41) is 0. The Labute approximate surface area is 100 Å². The molecular weight excluding hydrogens is 220 g/mol. The summed E-state index contributed by atoms with van der Waals surface area (Å²) in [7, 11) is 0. The van der Waals surface area contributed by atoms with Crippen molar-refractivity contribution >= 4 is 18.0 Å². The molecule has 0 bridgehead atoms. The topological polar surface area (TPSA) is 26.3 Å². The molecule has 3 heteroatoms. The number of hydrogen-bond acceptors (Lipinski definition) is 3. The maximum Gasteiger partial charge on any atom is 0.120 e. The normalized spacial score (nSPS) is 25.2. The summed E-state index contributed by atoms with van der Waals surface area (Å²) in [6.45, 7) is 0.819. The van der Waals surface area contributed by atoms with E-state index in [0.717, 1.165) is 25.7 Å². The molecule has 16 heavy (non-hydrogen) atoms. The zero-order valence-corrected chi connectivity index (χ0v) is 9.99. The number of carbonyl (C=O) groups is 1. The van der Waals surface area contributed by atoms with E-state index in [1.54, 1.807) is 11.8 Å². The fourth-order valence-electron chi connectivity index (χ4n) is 1.93. The number of rotatable bonds is 4. The average Bonchev–Trinajstić information content (AvgIpc) is 2.33. The molecule has 1 aromatic carbocycles. The summed E-state index contributed by atoms with van der Waals surface area (Å²) in [4.78, 5) is 11.8. The van der Waals surface area contributed by atoms with Crippen molar-refractivity contribution in [2.24, 2.45) is 5.92 Å². The molecule has 1 aliphatic rings. The number of benzene rings is 1. The van der Waals surface area contributed by atoms with E-state index in [-0.39, 0.29) is 5.44 Å². The maximum absolute atomic E-state index is 10.6. The number of thioether (sulfide) groups is 1. The zero-order valence-electron chi connectivity index (χ0n) is 9.17. The van der Waals surface area contributed by atoms with Gasteiger partial charge in [-0.2, -0.15) is 0 Å². The third-order valence-corrected chi connectivity index (χ3v) is 4.08. The van der Waals surface area contributed by atoms with Crippen molar-refractivity contribution in [1.29, 1.82) is 0 Å². The summed E-state index contributed by atoms with van der Waals surface area (Å²) in [6, 6.07) is 10.2. The van der Waals surface area contributed by atoms with Gasteiger partial charge in [0.05, 0.1) is 0 Å². The first-order valence-electron chi connectivity index (χ1n) is 5.67. The Morgan fingerprint density at radius 2 is 2.19 bits per heavy atom. The molecule has 2 nitrogen and oxygen atoms in total. The van der Waals surface area contributed by atoms with Crippen LogP contribution in [0.3, 0.4) is 0 Å². The van der Waals surface area contributed by atoms with Gasteiger partial charge in [-0.05, 0) is 25.0 Å². The van der Waals surface area contributed by atoms with E-state index in [9.17, 15) is 4.79 Å². The van der Waals surface area contributed by atoms with Crippen molar-refractivity contribution in [2.45, 2.75) is 29.6 Å². The van der Waals surface area contributed by atoms with Crippen molar-refractivity contribution < 1.29 is 9.53 Å². The molecule has 1 heterocycles. The van der Waals surface area contributed by atoms with E-state index in [4.69, 9.17) is 4.74 Å². The molecule has 2 atom stereocenters. The van der Waals surface area contributed by atoms with Gasteiger partial charge in [0.1, 0.15) is 11.7 Å². The third-order valence-electron chi connectivity index (χ3n) is 2.78. The predicted molar refractivity (Wildman–Crippen MR) is 65.4 cm³/mol. The molecule has 86 valence electrons. The van der Waals surface area contributed by atoms with Crippen LogP contribution < -0.4 is 0 Å². The van der Waals surface area contributed by atoms with Crippen molar-refractivity contribution in [1.82, 2.24) is 0 Å². The minimum absolute atomic E-state index is 0.140. The molecule has 0 N–H and O–H groups in total. The van der Waals surface area contributed by atoms with Crippen molar-refractivity contribution in [2.75, 3.05) is 6.61 Å². The largest absolute Gasteiger partial charge is 0.367 e. The van der Waals surface area contributed by atoms with Gasteiger partial charge < -0.3 is 9.53 Å². The fourth-order valence-corrected chi connectivity index (χ4v) is 3.12. The van der Waals surface area contributed by atoms with Gasteiger partial charge in [0.25, 0.3) is 0 Å². The van der Waals surface area contributed by atoms with Gasteiger partial charge in [0.15, 0.2) is 0 Å². The molecule has 1 aromatic rings. The summed E-state index contributed by atoms with van der Waals surface area (Å²) in [5.74, 6) is 0.372. The summed E-state index contributed by atoms with van der Waals surface area (Å²) in [5.41, 5.74) is 0.140. The lowest BCUT2D eigenvalue weighted by Gasteiger charge is -2.30. The van der Waals surface area contributed by atoms with Gasteiger partial charge in [-0.15, -0.1) is 0 Å². The Hall–Kier alpha value is -0.800. The van der Waals surface area contributed by atoms with E-state index in [0.29, 0.717) is 12.3 Å². The second kappa shape index (κ2) is 6.06. The highest BCUT2D eigenvalue weighted by Gasteiger charge is 2.26. The minimum atomic E-state index is 0.140. The molecular formula is C13H16O2S. The Bertz CT molecular complexity index is 326. The number of carbonyl (C=O) groups excluding carboxylic acids is 1. The van der Waals surface area contributed by atoms with Crippen LogP contribution in [0.5, 0.6) is 0 Å². The van der Waals surface area contributed by atoms with Crippen LogP contribution in [0, 0.1) is 5.92 Å². The van der Waals surface area contributed by atoms with Crippen LogP contribution in [0.1, 0.15) is 19.3 Å². The van der Waals surface area contributed by atoms with Crippen molar-refractivity contribution in [3.05, 3.63) is 30.3 Å². The molecule has 2 unspecified atom stereocenters. The Morgan fingerprint density at radius 1 is 1.38 bits per heavy atom. The molecule has 0 spiro atoms. The summed E-state index contributed by atoms with van der Waals surface area (Å²) >= 11 is 1.73. The predicted octanol–water partition coefficient (Wildman–Crippen LogP) is 3.12. The van der Waals surface area contributed by atoms with Crippen molar-refractivity contribution in [3.63, 3.8) is 0 Å². The summed E-state index contributed by atoms with van der Waals surface area (Å²) in [6.07, 6.45) is 3.80. The van der Waals surface area contributed by atoms with Crippen molar-refractivity contribution in [3.8, 4) is 0 Å². The highest BCUT2D eigenvalue weighted by molar-refractivity contribution is 7.99. The van der Waals surface area contributed by atoms with Crippen LogP contribution in [0.25, 0.3) is 0 Å². The SMILES string of the molecule is O=CCC1CCCOC1Sc1ccccc1. The number of aldehydes is 1. The first-order valence-corrected chi connectivity index (χ1v) is 6.55. The minimum Gasteiger partial charge on any atom is -0.367 e. The van der Waals surface area contributed by atoms with Crippen LogP contribution in [-0.4, -0.2) is 18.3 Å². The first-order chi connectivity index (χ1) is 7.90. The molecule has 0 saturated carbocycles. The van der Waals surface area contributed by atoms with Gasteiger partial charge in [-0.3, -0.25) is 0 Å². The molecule has 2 rings (SSSR count). The van der Waals surface area contributed by atoms with Gasteiger partial charge in [-0.25, -0.2) is 0 Å². The Kier molecular flexibility index (Phi) is 4.43. The zero-order chi connectivity index (χ0) is 11.2. The van der Waals surface area contributed by atoms with Gasteiger partial charge in [-0.1, -0.05) is 30.0 Å². The quantitative estimate of drug-likeness (QED) is 0.751. The standard InChI is InChI=1S/C13H16O2S/c14-9-8-11-5-4-10-15-13(11)16-12-6-2-1-3-7-12/h1-3,6-7,9,11,13H,4-5,8,10H2. The highest BCUT2D eigenvalue weighted by Crippen LogP contribution is 2.35. The van der Waals surface area contributed by atoms with E-state index in [1.165, 1.54) is 4.90 Å². The van der Waals surface area contributed by atoms with E-state index in [2.05, 4.69) is 12.1 Å². The van der Waals surface area contributed by atoms with Gasteiger partial charge in [0, 0.05) is 23.8 Å². The fraction of sp³-hybridized carbons (Fsp3) is 0.462. The van der Waals surface area contributed by atoms with Crippen LogP contribution in [-0.2, 0) is 9.53 Å². The highest BCUT2D eigenvalue weighted by atomic mass is 32.2. The van der Waals surface area contributed by atoms with Gasteiger partial charge in [0.2, 0.25) is 0 Å². The molecule has 0 radical (unpaired) electrons. The monoisotopic (exact) mass is 236 g/mol. The molecule has 0 aliphatic carbocycles. The molecule has 0 aromatic heterocycles. The molecule has 1 saturated heterocycles. The van der Waals surface area contributed by atoms with Crippen LogP contribution in [0.2, 0.25) is 0 Å². The third kappa shape index (κ3) is 3.09. The van der Waals surface area contributed by atoms with Gasteiger partial charge >= 0.3 is 0 Å². The van der Waals surface area contributed by atoms with Crippen LogP contribution in [0.4, 0.5) is 0 Å². The summed E-state index contributed by atoms with van der Waals surface area (Å²) < 4.78 is 5.75. The van der Waals surface area contributed by atoms with E-state index >= 15 is 0 Å². The number of hydrogen-bond donors (Lipinski definition) is 0. The second-order valence-corrected chi connectivity index (χ2v) is 5.15. The Morgan fingerprint density at radius 3 is 2.94 bits per heavy atom. The lowest BCUT2D eigenvalue weighted by Crippen LogP contribution is -2.27. The lowest BCUT2D eigenvalue weighted by molar-refractivity contribution is -0.109. The van der Waals surface area contributed by atoms with E-state index in [1.807, 2.05) is 18.2 Å². The smallest absolute Gasteiger partial charge is 0.120 e. The lowest BCUT2D eigenvalue weighted by atomic mass is 9.99. The first kappa shape index (κ1) is 11.7. The van der Waals surface area contributed by atoms with Crippen LogP contribution in [0.15, 0.2) is 35.2 Å². The number of ether oxygens (including phenoxy) is 1. The average molecular weight is 236 g/mol. The maximum atomic E-state index is 10.6. The molecule has 1 aliphatic heterocycles. The van der Waals surface area contributed by atoms with E-state index < -0.39 is 0 Å². The second-order valence-electron chi connectivity index (χ2n) is 3.97. The Balaban J connectivity index is 1.98. The van der Waals surface area contributed by atoms with Crippen LogP contribution >= 0.6 is 11.8 Å².